The van der Waals surface area contributed by atoms with Crippen LogP contribution in [-0.2, 0) is 0 Å². The van der Waals surface area contributed by atoms with E-state index in [9.17, 15) is 4.79 Å². The van der Waals surface area contributed by atoms with Gasteiger partial charge in [-0.25, -0.2) is 4.98 Å². The monoisotopic (exact) mass is 370 g/mol. The molecule has 0 aliphatic carbocycles. The Morgan fingerprint density at radius 2 is 1.86 bits per heavy atom. The van der Waals surface area contributed by atoms with Crippen molar-refractivity contribution in [3.63, 3.8) is 0 Å². The van der Waals surface area contributed by atoms with Crippen LogP contribution in [-0.4, -0.2) is 29.1 Å². The van der Waals surface area contributed by atoms with Crippen LogP contribution in [0.3, 0.4) is 0 Å². The fraction of sp³-hybridized carbons (Fsp3) is 0.130. The Kier molecular flexibility index (Phi) is 3.86. The highest BCUT2D eigenvalue weighted by Gasteiger charge is 2.15. The lowest BCUT2D eigenvalue weighted by Gasteiger charge is -2.19. The first-order chi connectivity index (χ1) is 13.7. The maximum atomic E-state index is 11.2. The number of hydrogen-bond donors (Lipinski definition) is 0. The van der Waals surface area contributed by atoms with Crippen LogP contribution in [0.5, 0.6) is 11.5 Å². The number of aldehydes is 1. The number of pyridine rings is 1. The van der Waals surface area contributed by atoms with E-state index < -0.39 is 0 Å². The minimum Gasteiger partial charge on any atom is -0.486 e. The second kappa shape index (κ2) is 6.53. The second-order valence-corrected chi connectivity index (χ2v) is 6.80. The van der Waals surface area contributed by atoms with Crippen molar-refractivity contribution in [1.82, 2.24) is 9.55 Å². The van der Waals surface area contributed by atoms with Crippen molar-refractivity contribution < 1.29 is 14.3 Å². The van der Waals surface area contributed by atoms with Crippen molar-refractivity contribution in [2.24, 2.45) is 0 Å². The van der Waals surface area contributed by atoms with Gasteiger partial charge in [-0.05, 0) is 54.4 Å². The number of nitrogens with zero attached hydrogens (tertiary/aromatic N) is 2. The van der Waals surface area contributed by atoms with Crippen molar-refractivity contribution in [1.29, 1.82) is 0 Å². The smallest absolute Gasteiger partial charge is 0.161 e. The van der Waals surface area contributed by atoms with Crippen LogP contribution < -0.4 is 9.47 Å². The molecular weight excluding hydrogens is 352 g/mol. The van der Waals surface area contributed by atoms with Crippen LogP contribution in [0, 0.1) is 6.92 Å². The van der Waals surface area contributed by atoms with Crippen LogP contribution in [0.2, 0.25) is 0 Å². The Balaban J connectivity index is 1.66. The van der Waals surface area contributed by atoms with Gasteiger partial charge in [0.15, 0.2) is 11.5 Å². The fourth-order valence-corrected chi connectivity index (χ4v) is 3.70. The molecule has 5 nitrogen and oxygen atoms in total. The molecule has 0 fully saturated rings. The Labute approximate surface area is 162 Å². The number of aromatic nitrogens is 2. The van der Waals surface area contributed by atoms with E-state index in [0.717, 1.165) is 51.3 Å². The third-order valence-corrected chi connectivity index (χ3v) is 4.93. The molecule has 0 radical (unpaired) electrons. The third kappa shape index (κ3) is 2.72. The summed E-state index contributed by atoms with van der Waals surface area (Å²) in [5.41, 5.74) is 4.63. The van der Waals surface area contributed by atoms with Crippen molar-refractivity contribution >= 4 is 17.2 Å². The molecule has 0 unspecified atom stereocenters. The zero-order valence-electron chi connectivity index (χ0n) is 15.4. The zero-order chi connectivity index (χ0) is 19.1. The van der Waals surface area contributed by atoms with Gasteiger partial charge in [-0.2, -0.15) is 0 Å². The molecule has 0 spiro atoms. The van der Waals surface area contributed by atoms with Gasteiger partial charge in [-0.15, -0.1) is 0 Å². The Morgan fingerprint density at radius 1 is 1.00 bits per heavy atom. The van der Waals surface area contributed by atoms with Gasteiger partial charge in [-0.3, -0.25) is 4.79 Å². The third-order valence-electron chi connectivity index (χ3n) is 4.93. The van der Waals surface area contributed by atoms with Crippen LogP contribution in [0.25, 0.3) is 27.8 Å². The molecule has 5 heteroatoms. The predicted molar refractivity (Wildman–Crippen MR) is 108 cm³/mol. The number of ether oxygens (including phenoxy) is 2. The molecule has 0 amide bonds. The van der Waals surface area contributed by atoms with Crippen LogP contribution >= 0.6 is 0 Å². The zero-order valence-corrected chi connectivity index (χ0v) is 15.4. The summed E-state index contributed by atoms with van der Waals surface area (Å²) in [5, 5.41) is 1.11. The number of fused-ring (bicyclic) bond motifs is 2. The van der Waals surface area contributed by atoms with Gasteiger partial charge in [0.25, 0.3) is 0 Å². The van der Waals surface area contributed by atoms with Gasteiger partial charge in [-0.1, -0.05) is 18.2 Å². The summed E-state index contributed by atoms with van der Waals surface area (Å²) >= 11 is 0. The summed E-state index contributed by atoms with van der Waals surface area (Å²) in [4.78, 5) is 15.8. The number of rotatable bonds is 3. The number of carbonyl (C=O) groups excluding carboxylic acids is 1. The maximum absolute atomic E-state index is 11.2. The predicted octanol–water partition coefficient (Wildman–Crippen LogP) is 4.58. The van der Waals surface area contributed by atoms with Crippen molar-refractivity contribution in [3.05, 3.63) is 72.1 Å². The van der Waals surface area contributed by atoms with E-state index in [2.05, 4.69) is 29.2 Å². The van der Waals surface area contributed by atoms with E-state index in [1.165, 1.54) is 0 Å². The van der Waals surface area contributed by atoms with Crippen molar-refractivity contribution in [3.8, 4) is 28.4 Å². The molecule has 2 aromatic carbocycles. The molecule has 0 bridgehead atoms. The minimum absolute atomic E-state index is 0.565. The highest BCUT2D eigenvalue weighted by molar-refractivity contribution is 5.96. The number of benzene rings is 2. The lowest BCUT2D eigenvalue weighted by atomic mass is 10.0. The first kappa shape index (κ1) is 16.6. The van der Waals surface area contributed by atoms with E-state index in [-0.39, 0.29) is 0 Å². The van der Waals surface area contributed by atoms with E-state index in [4.69, 9.17) is 9.47 Å². The molecular formula is C23H18N2O3. The maximum Gasteiger partial charge on any atom is 0.161 e. The Bertz CT molecular complexity index is 1210. The molecule has 0 atom stereocenters. The van der Waals surface area contributed by atoms with Gasteiger partial charge in [0.1, 0.15) is 25.3 Å². The molecule has 1 aliphatic heterocycles. The minimum atomic E-state index is 0.565. The van der Waals surface area contributed by atoms with Crippen molar-refractivity contribution in [2.75, 3.05) is 13.2 Å². The van der Waals surface area contributed by atoms with E-state index in [0.29, 0.717) is 18.8 Å². The molecule has 4 aromatic rings. The highest BCUT2D eigenvalue weighted by atomic mass is 16.6. The molecule has 1 aliphatic rings. The van der Waals surface area contributed by atoms with Gasteiger partial charge in [0.05, 0.1) is 5.52 Å². The van der Waals surface area contributed by atoms with Crippen LogP contribution in [0.1, 0.15) is 16.1 Å². The number of hydrogen-bond acceptors (Lipinski definition) is 4. The quantitative estimate of drug-likeness (QED) is 0.495. The summed E-state index contributed by atoms with van der Waals surface area (Å²) in [7, 11) is 0. The van der Waals surface area contributed by atoms with Gasteiger partial charge in [0.2, 0.25) is 0 Å². The summed E-state index contributed by atoms with van der Waals surface area (Å²) in [6.45, 7) is 3.04. The standard InChI is InChI=1S/C23H18N2O3/c1-15-11-16(14-26)12-23(24-15)25-8-7-19-18(3-2-4-20(19)25)17-5-6-21-22(13-17)28-10-9-27-21/h2-8,11-14H,9-10H2,1H3. The van der Waals surface area contributed by atoms with Gasteiger partial charge in [0, 0.05) is 22.8 Å². The average Bonchev–Trinajstić information content (AvgIpc) is 3.17. The molecule has 3 heterocycles. The Hall–Kier alpha value is -3.60. The van der Waals surface area contributed by atoms with Crippen LogP contribution in [0.15, 0.2) is 60.8 Å². The largest absolute Gasteiger partial charge is 0.486 e. The number of carbonyl (C=O) groups is 1. The first-order valence-corrected chi connectivity index (χ1v) is 9.17. The molecule has 28 heavy (non-hydrogen) atoms. The van der Waals surface area contributed by atoms with E-state index in [1.807, 2.05) is 35.9 Å². The van der Waals surface area contributed by atoms with E-state index >= 15 is 0 Å². The lowest BCUT2D eigenvalue weighted by molar-refractivity contribution is 0.112. The summed E-state index contributed by atoms with van der Waals surface area (Å²) in [6, 6.07) is 17.9. The topological polar surface area (TPSA) is 53.4 Å². The first-order valence-electron chi connectivity index (χ1n) is 9.17. The molecule has 0 N–H and O–H groups in total. The molecule has 138 valence electrons. The SMILES string of the molecule is Cc1cc(C=O)cc(-n2ccc3c(-c4ccc5c(c4)OCCO5)cccc32)n1. The summed E-state index contributed by atoms with van der Waals surface area (Å²) in [5.74, 6) is 2.29. The molecule has 0 saturated carbocycles. The summed E-state index contributed by atoms with van der Waals surface area (Å²) in [6.07, 6.45) is 2.84. The van der Waals surface area contributed by atoms with Gasteiger partial charge >= 0.3 is 0 Å². The lowest BCUT2D eigenvalue weighted by Crippen LogP contribution is -2.15. The highest BCUT2D eigenvalue weighted by Crippen LogP contribution is 2.37. The number of aryl methyl sites for hydroxylation is 1. The fourth-order valence-electron chi connectivity index (χ4n) is 3.70. The normalized spacial score (nSPS) is 12.9. The Morgan fingerprint density at radius 3 is 2.71 bits per heavy atom. The molecule has 2 aromatic heterocycles. The van der Waals surface area contributed by atoms with Gasteiger partial charge < -0.3 is 14.0 Å². The summed E-state index contributed by atoms with van der Waals surface area (Å²) < 4.78 is 13.4. The second-order valence-electron chi connectivity index (χ2n) is 6.80. The molecule has 0 saturated heterocycles. The molecule has 5 rings (SSSR count). The van der Waals surface area contributed by atoms with Crippen molar-refractivity contribution in [2.45, 2.75) is 6.92 Å². The van der Waals surface area contributed by atoms with E-state index in [1.54, 1.807) is 12.1 Å². The van der Waals surface area contributed by atoms with Crippen LogP contribution in [0.4, 0.5) is 0 Å². The average molecular weight is 370 g/mol.